The van der Waals surface area contributed by atoms with Crippen LogP contribution in [-0.4, -0.2) is 44.0 Å². The van der Waals surface area contributed by atoms with Gasteiger partial charge in [0.1, 0.15) is 6.04 Å². The zero-order chi connectivity index (χ0) is 15.8. The number of nitrogens with one attached hydrogen (secondary N) is 1. The number of rotatable bonds is 6. The van der Waals surface area contributed by atoms with Gasteiger partial charge in [0.2, 0.25) is 0 Å². The van der Waals surface area contributed by atoms with Gasteiger partial charge in [-0.3, -0.25) is 0 Å². The van der Waals surface area contributed by atoms with Crippen molar-refractivity contribution in [3.8, 4) is 0 Å². The molecule has 0 bridgehead atoms. The van der Waals surface area contributed by atoms with E-state index in [1.165, 1.54) is 7.11 Å². The van der Waals surface area contributed by atoms with Crippen molar-refractivity contribution in [1.29, 1.82) is 0 Å². The summed E-state index contributed by atoms with van der Waals surface area (Å²) >= 11 is 0. The first-order valence-corrected chi connectivity index (χ1v) is 7.64. The number of ether oxygens (including phenoxy) is 3. The third-order valence-corrected chi connectivity index (χ3v) is 3.66. The summed E-state index contributed by atoms with van der Waals surface area (Å²) in [7, 11) is 1.28. The minimum Gasteiger partial charge on any atom is -0.464 e. The van der Waals surface area contributed by atoms with Crippen molar-refractivity contribution in [2.75, 3.05) is 13.7 Å². The molecule has 0 aromatic rings. The summed E-state index contributed by atoms with van der Waals surface area (Å²) in [4.78, 5) is 23.7. The van der Waals surface area contributed by atoms with Crippen molar-refractivity contribution in [2.45, 2.75) is 64.7 Å². The van der Waals surface area contributed by atoms with Gasteiger partial charge in [-0.15, -0.1) is 0 Å². The van der Waals surface area contributed by atoms with E-state index in [1.54, 1.807) is 0 Å². The van der Waals surface area contributed by atoms with E-state index in [2.05, 4.69) is 10.1 Å². The molecule has 1 amide bonds. The van der Waals surface area contributed by atoms with E-state index in [4.69, 9.17) is 9.47 Å². The monoisotopic (exact) mass is 301 g/mol. The molecule has 1 aliphatic heterocycles. The molecule has 0 aromatic carbocycles. The maximum Gasteiger partial charge on any atom is 0.407 e. The Labute approximate surface area is 126 Å². The Hall–Kier alpha value is -1.30. The van der Waals surface area contributed by atoms with Crippen LogP contribution in [0.15, 0.2) is 0 Å². The van der Waals surface area contributed by atoms with Gasteiger partial charge in [0.25, 0.3) is 0 Å². The van der Waals surface area contributed by atoms with Gasteiger partial charge in [-0.25, -0.2) is 9.59 Å². The zero-order valence-corrected chi connectivity index (χ0v) is 13.4. The van der Waals surface area contributed by atoms with E-state index >= 15 is 0 Å². The molecule has 1 saturated heterocycles. The molecular weight excluding hydrogens is 274 g/mol. The third kappa shape index (κ3) is 5.91. The average molecular weight is 301 g/mol. The number of alkyl carbamates (subject to hydrolysis) is 1. The van der Waals surface area contributed by atoms with Crippen LogP contribution in [0.1, 0.15) is 46.5 Å². The molecule has 1 heterocycles. The lowest BCUT2D eigenvalue weighted by Crippen LogP contribution is -2.50. The molecule has 0 aliphatic carbocycles. The molecular formula is C15H27NO5. The van der Waals surface area contributed by atoms with Crippen molar-refractivity contribution in [1.82, 2.24) is 5.32 Å². The zero-order valence-electron chi connectivity index (χ0n) is 13.4. The Kier molecular flexibility index (Phi) is 7.50. The molecule has 1 rings (SSSR count). The van der Waals surface area contributed by atoms with Crippen LogP contribution >= 0.6 is 0 Å². The second-order valence-electron chi connectivity index (χ2n) is 5.62. The molecule has 0 unspecified atom stereocenters. The maximum atomic E-state index is 12.2. The normalized spacial score (nSPS) is 26.8. The number of methoxy groups -OCH3 is 1. The van der Waals surface area contributed by atoms with E-state index in [9.17, 15) is 9.59 Å². The van der Waals surface area contributed by atoms with Crippen LogP contribution in [0.5, 0.6) is 0 Å². The van der Waals surface area contributed by atoms with Crippen LogP contribution in [0.4, 0.5) is 4.79 Å². The predicted octanol–water partition coefficient (Wildman–Crippen LogP) is 2.26. The van der Waals surface area contributed by atoms with E-state index in [-0.39, 0.29) is 24.1 Å². The summed E-state index contributed by atoms with van der Waals surface area (Å²) in [5, 5.41) is 2.61. The molecule has 6 heteroatoms. The van der Waals surface area contributed by atoms with Gasteiger partial charge < -0.3 is 19.5 Å². The second-order valence-corrected chi connectivity index (χ2v) is 5.62. The lowest BCUT2D eigenvalue weighted by Gasteiger charge is -2.35. The Bertz CT molecular complexity index is 337. The molecule has 0 radical (unpaired) electrons. The van der Waals surface area contributed by atoms with Crippen LogP contribution in [0, 0.1) is 5.92 Å². The Morgan fingerprint density at radius 1 is 1.29 bits per heavy atom. The average Bonchev–Trinajstić information content (AvgIpc) is 2.43. The number of unbranched alkanes of at least 4 members (excludes halogenated alkanes) is 1. The molecule has 1 aliphatic rings. The van der Waals surface area contributed by atoms with E-state index in [0.717, 1.165) is 12.8 Å². The number of amides is 1. The van der Waals surface area contributed by atoms with Crippen molar-refractivity contribution in [3.05, 3.63) is 0 Å². The molecule has 0 spiro atoms. The molecule has 0 saturated carbocycles. The maximum absolute atomic E-state index is 12.2. The first-order valence-electron chi connectivity index (χ1n) is 7.64. The summed E-state index contributed by atoms with van der Waals surface area (Å²) in [6, 6.07) is -0.678. The highest BCUT2D eigenvalue weighted by Crippen LogP contribution is 2.28. The number of carbonyl (C=O) groups is 2. The van der Waals surface area contributed by atoms with Gasteiger partial charge in [0, 0.05) is 0 Å². The van der Waals surface area contributed by atoms with Crippen molar-refractivity contribution in [2.24, 2.45) is 5.92 Å². The Balaban J connectivity index is 2.70. The highest BCUT2D eigenvalue weighted by molar-refractivity contribution is 5.81. The number of hydrogen-bond donors (Lipinski definition) is 1. The largest absolute Gasteiger partial charge is 0.464 e. The fourth-order valence-electron chi connectivity index (χ4n) is 2.69. The lowest BCUT2D eigenvalue weighted by atomic mass is 9.86. The van der Waals surface area contributed by atoms with Gasteiger partial charge in [0.15, 0.2) is 0 Å². The lowest BCUT2D eigenvalue weighted by molar-refractivity contribution is -0.150. The summed E-state index contributed by atoms with van der Waals surface area (Å²) in [6.07, 6.45) is 2.70. The highest BCUT2D eigenvalue weighted by atomic mass is 16.5. The molecule has 122 valence electrons. The predicted molar refractivity (Wildman–Crippen MR) is 77.9 cm³/mol. The van der Waals surface area contributed by atoms with Gasteiger partial charge >= 0.3 is 12.1 Å². The molecule has 0 aromatic heterocycles. The SMILES string of the molecule is CCCCOC(=O)[C@@H](NC(=O)OC)C1C[C@@H](C)O[C@H](C)C1. The molecule has 6 nitrogen and oxygen atoms in total. The van der Waals surface area contributed by atoms with Crippen LogP contribution in [0.2, 0.25) is 0 Å². The minimum absolute atomic E-state index is 0.00280. The molecule has 21 heavy (non-hydrogen) atoms. The molecule has 3 atom stereocenters. The Morgan fingerprint density at radius 2 is 1.90 bits per heavy atom. The molecule has 1 N–H and O–H groups in total. The summed E-state index contributed by atoms with van der Waals surface area (Å²) in [5.74, 6) is -0.392. The standard InChI is InChI=1S/C15H27NO5/c1-5-6-7-20-14(17)13(16-15(18)19-4)12-8-10(2)21-11(3)9-12/h10-13H,5-9H2,1-4H3,(H,16,18)/t10-,11-,13+/m1/s1. The molecule has 1 fully saturated rings. The summed E-state index contributed by atoms with van der Waals surface area (Å²) < 4.78 is 15.6. The van der Waals surface area contributed by atoms with E-state index in [0.29, 0.717) is 19.4 Å². The van der Waals surface area contributed by atoms with Crippen molar-refractivity contribution < 1.29 is 23.8 Å². The number of esters is 1. The van der Waals surface area contributed by atoms with Gasteiger partial charge in [0.05, 0.1) is 25.9 Å². The smallest absolute Gasteiger partial charge is 0.407 e. The van der Waals surface area contributed by atoms with Gasteiger partial charge in [-0.05, 0) is 39.0 Å². The van der Waals surface area contributed by atoms with Crippen LogP contribution in [0.25, 0.3) is 0 Å². The Morgan fingerprint density at radius 3 is 2.43 bits per heavy atom. The minimum atomic E-state index is -0.678. The fourth-order valence-corrected chi connectivity index (χ4v) is 2.69. The number of carbonyl (C=O) groups excluding carboxylic acids is 2. The summed E-state index contributed by atoms with van der Waals surface area (Å²) in [5.41, 5.74) is 0. The van der Waals surface area contributed by atoms with Crippen molar-refractivity contribution in [3.63, 3.8) is 0 Å². The quantitative estimate of drug-likeness (QED) is 0.601. The van der Waals surface area contributed by atoms with Crippen LogP contribution < -0.4 is 5.32 Å². The highest BCUT2D eigenvalue weighted by Gasteiger charge is 2.36. The van der Waals surface area contributed by atoms with Gasteiger partial charge in [-0.1, -0.05) is 13.3 Å². The van der Waals surface area contributed by atoms with Crippen LogP contribution in [-0.2, 0) is 19.0 Å². The van der Waals surface area contributed by atoms with Gasteiger partial charge in [-0.2, -0.15) is 0 Å². The van der Waals surface area contributed by atoms with E-state index in [1.807, 2.05) is 20.8 Å². The second kappa shape index (κ2) is 8.87. The topological polar surface area (TPSA) is 73.9 Å². The summed E-state index contributed by atoms with van der Waals surface area (Å²) in [6.45, 7) is 6.35. The third-order valence-electron chi connectivity index (χ3n) is 3.66. The fraction of sp³-hybridized carbons (Fsp3) is 0.867. The number of hydrogen-bond acceptors (Lipinski definition) is 5. The van der Waals surface area contributed by atoms with Crippen molar-refractivity contribution >= 4 is 12.1 Å². The first-order chi connectivity index (χ1) is 9.97. The van der Waals surface area contributed by atoms with E-state index < -0.39 is 12.1 Å². The first kappa shape index (κ1) is 17.8. The van der Waals surface area contributed by atoms with Crippen LogP contribution in [0.3, 0.4) is 0 Å².